The van der Waals surface area contributed by atoms with Crippen molar-refractivity contribution in [2.45, 2.75) is 11.2 Å². The molecular formula is C9H10O2S. The average Bonchev–Trinajstić information content (AvgIpc) is 2.57. The Labute approximate surface area is 76.9 Å². The van der Waals surface area contributed by atoms with Gasteiger partial charge < -0.3 is 9.47 Å². The van der Waals surface area contributed by atoms with Crippen LogP contribution in [0.25, 0.3) is 0 Å². The number of ether oxygens (including phenoxy) is 2. The quantitative estimate of drug-likeness (QED) is 0.670. The predicted octanol–water partition coefficient (Wildman–Crippen LogP) is 2.02. The summed E-state index contributed by atoms with van der Waals surface area (Å²) in [6.07, 6.45) is -0.210. The van der Waals surface area contributed by atoms with Crippen LogP contribution in [0.15, 0.2) is 29.2 Å². The summed E-state index contributed by atoms with van der Waals surface area (Å²) in [7, 11) is 0. The van der Waals surface area contributed by atoms with Gasteiger partial charge in [0.05, 0.1) is 13.2 Å². The molecule has 0 spiro atoms. The largest absolute Gasteiger partial charge is 0.346 e. The van der Waals surface area contributed by atoms with E-state index in [2.05, 4.69) is 12.6 Å². The summed E-state index contributed by atoms with van der Waals surface area (Å²) in [5, 5.41) is 0. The van der Waals surface area contributed by atoms with Crippen molar-refractivity contribution in [3.63, 3.8) is 0 Å². The van der Waals surface area contributed by atoms with Crippen LogP contribution in [0.1, 0.15) is 11.9 Å². The first-order valence-corrected chi connectivity index (χ1v) is 4.34. The lowest BCUT2D eigenvalue weighted by molar-refractivity contribution is -0.0459. The summed E-state index contributed by atoms with van der Waals surface area (Å²) in [5.74, 6) is 0. The van der Waals surface area contributed by atoms with E-state index >= 15 is 0 Å². The SMILES string of the molecule is Sc1ccccc1C1OCCO1. The van der Waals surface area contributed by atoms with Crippen LogP contribution in [-0.2, 0) is 9.47 Å². The van der Waals surface area contributed by atoms with Gasteiger partial charge in [-0.3, -0.25) is 0 Å². The lowest BCUT2D eigenvalue weighted by Crippen LogP contribution is -1.98. The highest BCUT2D eigenvalue weighted by atomic mass is 32.1. The monoisotopic (exact) mass is 182 g/mol. The molecule has 1 fully saturated rings. The maximum Gasteiger partial charge on any atom is 0.185 e. The molecule has 12 heavy (non-hydrogen) atoms. The Morgan fingerprint density at radius 1 is 1.17 bits per heavy atom. The molecule has 0 saturated carbocycles. The second kappa shape index (κ2) is 3.47. The fourth-order valence-electron chi connectivity index (χ4n) is 1.22. The van der Waals surface area contributed by atoms with Crippen LogP contribution >= 0.6 is 12.6 Å². The summed E-state index contributed by atoms with van der Waals surface area (Å²) in [6, 6.07) is 7.81. The van der Waals surface area contributed by atoms with E-state index in [1.807, 2.05) is 24.3 Å². The van der Waals surface area contributed by atoms with Crippen molar-refractivity contribution in [3.8, 4) is 0 Å². The normalized spacial score (nSPS) is 18.4. The maximum absolute atomic E-state index is 5.35. The van der Waals surface area contributed by atoms with E-state index in [-0.39, 0.29) is 6.29 Å². The Kier molecular flexibility index (Phi) is 2.35. The van der Waals surface area contributed by atoms with Gasteiger partial charge in [-0.1, -0.05) is 18.2 Å². The van der Waals surface area contributed by atoms with Gasteiger partial charge in [0.1, 0.15) is 0 Å². The zero-order valence-electron chi connectivity index (χ0n) is 6.56. The first-order valence-electron chi connectivity index (χ1n) is 3.89. The molecule has 1 saturated heterocycles. The van der Waals surface area contributed by atoms with Gasteiger partial charge >= 0.3 is 0 Å². The highest BCUT2D eigenvalue weighted by molar-refractivity contribution is 7.80. The van der Waals surface area contributed by atoms with Crippen molar-refractivity contribution in [2.24, 2.45) is 0 Å². The molecule has 0 aliphatic carbocycles. The zero-order valence-corrected chi connectivity index (χ0v) is 7.46. The molecular weight excluding hydrogens is 172 g/mol. The minimum absolute atomic E-state index is 0.210. The van der Waals surface area contributed by atoms with Crippen LogP contribution in [-0.4, -0.2) is 13.2 Å². The van der Waals surface area contributed by atoms with Crippen molar-refractivity contribution < 1.29 is 9.47 Å². The van der Waals surface area contributed by atoms with Gasteiger partial charge in [-0.2, -0.15) is 0 Å². The molecule has 2 rings (SSSR count). The molecule has 1 aromatic rings. The van der Waals surface area contributed by atoms with Crippen molar-refractivity contribution in [2.75, 3.05) is 13.2 Å². The lowest BCUT2D eigenvalue weighted by Gasteiger charge is -2.10. The third-order valence-electron chi connectivity index (χ3n) is 1.81. The van der Waals surface area contributed by atoms with E-state index in [1.54, 1.807) is 0 Å². The number of thiol groups is 1. The fourth-order valence-corrected chi connectivity index (χ4v) is 1.49. The highest BCUT2D eigenvalue weighted by Crippen LogP contribution is 2.27. The van der Waals surface area contributed by atoms with Crippen LogP contribution in [0.2, 0.25) is 0 Å². The summed E-state index contributed by atoms with van der Waals surface area (Å²) in [6.45, 7) is 1.35. The van der Waals surface area contributed by atoms with Gasteiger partial charge in [-0.05, 0) is 6.07 Å². The summed E-state index contributed by atoms with van der Waals surface area (Å²) in [4.78, 5) is 0.921. The Hall–Kier alpha value is -0.510. The second-order valence-electron chi connectivity index (χ2n) is 2.63. The van der Waals surface area contributed by atoms with E-state index in [4.69, 9.17) is 9.47 Å². The van der Waals surface area contributed by atoms with Crippen LogP contribution in [0.5, 0.6) is 0 Å². The number of hydrogen-bond donors (Lipinski definition) is 1. The molecule has 0 amide bonds. The second-order valence-corrected chi connectivity index (χ2v) is 3.11. The number of benzene rings is 1. The molecule has 0 aromatic heterocycles. The van der Waals surface area contributed by atoms with Crippen LogP contribution in [0.3, 0.4) is 0 Å². The van der Waals surface area contributed by atoms with Crippen molar-refractivity contribution in [1.29, 1.82) is 0 Å². The average molecular weight is 182 g/mol. The Morgan fingerprint density at radius 2 is 1.83 bits per heavy atom. The van der Waals surface area contributed by atoms with E-state index < -0.39 is 0 Å². The molecule has 3 heteroatoms. The molecule has 0 bridgehead atoms. The Balaban J connectivity index is 2.26. The zero-order chi connectivity index (χ0) is 8.39. The van der Waals surface area contributed by atoms with Gasteiger partial charge in [-0.25, -0.2) is 0 Å². The first-order chi connectivity index (χ1) is 5.88. The van der Waals surface area contributed by atoms with Crippen LogP contribution in [0.4, 0.5) is 0 Å². The third kappa shape index (κ3) is 1.48. The third-order valence-corrected chi connectivity index (χ3v) is 2.22. The smallest absolute Gasteiger partial charge is 0.185 e. The number of rotatable bonds is 1. The number of hydrogen-bond acceptors (Lipinski definition) is 3. The summed E-state index contributed by atoms with van der Waals surface area (Å²) >= 11 is 4.31. The van der Waals surface area contributed by atoms with Crippen molar-refractivity contribution >= 4 is 12.6 Å². The van der Waals surface area contributed by atoms with Crippen molar-refractivity contribution in [3.05, 3.63) is 29.8 Å². The molecule has 1 aliphatic heterocycles. The molecule has 0 unspecified atom stereocenters. The molecule has 1 heterocycles. The predicted molar refractivity (Wildman–Crippen MR) is 48.3 cm³/mol. The molecule has 1 aliphatic rings. The van der Waals surface area contributed by atoms with Crippen LogP contribution < -0.4 is 0 Å². The first kappa shape index (κ1) is 8.10. The van der Waals surface area contributed by atoms with Gasteiger partial charge in [0.2, 0.25) is 0 Å². The summed E-state index contributed by atoms with van der Waals surface area (Å²) in [5.41, 5.74) is 1.01. The topological polar surface area (TPSA) is 18.5 Å². The standard InChI is InChI=1S/C9H10O2S/c12-8-4-2-1-3-7(8)9-10-5-6-11-9/h1-4,9,12H,5-6H2. The lowest BCUT2D eigenvalue weighted by atomic mass is 10.2. The highest BCUT2D eigenvalue weighted by Gasteiger charge is 2.19. The Morgan fingerprint density at radius 3 is 2.50 bits per heavy atom. The van der Waals surface area contributed by atoms with Gasteiger partial charge in [-0.15, -0.1) is 12.6 Å². The van der Waals surface area contributed by atoms with Crippen LogP contribution in [0, 0.1) is 0 Å². The molecule has 2 nitrogen and oxygen atoms in total. The molecule has 0 radical (unpaired) electrons. The van der Waals surface area contributed by atoms with Crippen molar-refractivity contribution in [1.82, 2.24) is 0 Å². The van der Waals surface area contributed by atoms with Gasteiger partial charge in [0, 0.05) is 10.5 Å². The molecule has 64 valence electrons. The minimum Gasteiger partial charge on any atom is -0.346 e. The van der Waals surface area contributed by atoms with E-state index in [9.17, 15) is 0 Å². The fraction of sp³-hybridized carbons (Fsp3) is 0.333. The minimum atomic E-state index is -0.210. The molecule has 0 atom stereocenters. The van der Waals surface area contributed by atoms with E-state index in [1.165, 1.54) is 0 Å². The summed E-state index contributed by atoms with van der Waals surface area (Å²) < 4.78 is 10.7. The Bertz CT molecular complexity index is 269. The van der Waals surface area contributed by atoms with E-state index in [0.29, 0.717) is 13.2 Å². The van der Waals surface area contributed by atoms with Gasteiger partial charge in [0.15, 0.2) is 6.29 Å². The molecule has 0 N–H and O–H groups in total. The van der Waals surface area contributed by atoms with E-state index in [0.717, 1.165) is 10.5 Å². The maximum atomic E-state index is 5.35. The molecule has 1 aromatic carbocycles. The van der Waals surface area contributed by atoms with Gasteiger partial charge in [0.25, 0.3) is 0 Å².